The fraction of sp³-hybridized carbons (Fsp3) is 0.889. The number of sulfone groups is 2. The zero-order chi connectivity index (χ0) is 29.3. The van der Waals surface area contributed by atoms with Crippen molar-refractivity contribution in [2.75, 3.05) is 0 Å². The molecule has 0 aromatic heterocycles. The topological polar surface area (TPSA) is 105 Å². The van der Waals surface area contributed by atoms with Gasteiger partial charge in [-0.2, -0.15) is 79.0 Å². The minimum atomic E-state index is -9.02. The molecule has 0 saturated carbocycles. The maximum Gasteiger partial charge on any atom is 0.507 e. The first-order valence-corrected chi connectivity index (χ1v) is 9.77. The van der Waals surface area contributed by atoms with Crippen molar-refractivity contribution in [1.29, 1.82) is 0 Å². The largest absolute Gasteiger partial charge is 0.507 e. The van der Waals surface area contributed by atoms with Crippen LogP contribution in [0.15, 0.2) is 0 Å². The van der Waals surface area contributed by atoms with E-state index in [4.69, 9.17) is 5.53 Å². The van der Waals surface area contributed by atoms with E-state index in [9.17, 15) is 95.9 Å². The van der Waals surface area contributed by atoms with Crippen molar-refractivity contribution in [3.8, 4) is 0 Å². The van der Waals surface area contributed by atoms with Crippen LogP contribution in [-0.4, -0.2) is 72.6 Å². The Balaban J connectivity index is 7.32. The van der Waals surface area contributed by atoms with E-state index in [1.54, 1.807) is 0 Å². The van der Waals surface area contributed by atoms with Crippen LogP contribution in [0.4, 0.5) is 79.0 Å². The van der Waals surface area contributed by atoms with Crippen LogP contribution in [0.3, 0.4) is 0 Å². The van der Waals surface area contributed by atoms with E-state index in [0.717, 1.165) is 0 Å². The predicted octanol–water partition coefficient (Wildman–Crippen LogP) is 4.25. The monoisotopic (exact) mass is 606 g/mol. The SMILES string of the molecule is [N-]=[N+]=C(S(=O)(=O)C(F)(F)C(F)(F)C(F)(F)C(F)(F)F)S(=O)(=O)C(F)(F)C(F)(F)C(F)(F)C(F)(F)F. The van der Waals surface area contributed by atoms with Crippen LogP contribution in [0.2, 0.25) is 0 Å². The van der Waals surface area contributed by atoms with Crippen molar-refractivity contribution in [2.45, 2.75) is 46.6 Å². The van der Waals surface area contributed by atoms with Gasteiger partial charge in [0.05, 0.1) is 0 Å². The summed E-state index contributed by atoms with van der Waals surface area (Å²) in [5, 5.41) is -16.7. The Morgan fingerprint density at radius 1 is 0.457 bits per heavy atom. The molecule has 35 heavy (non-hydrogen) atoms. The smallest absolute Gasteiger partial charge is 0.359 e. The number of rotatable bonds is 6. The Bertz CT molecular complexity index is 1030. The van der Waals surface area contributed by atoms with E-state index in [0.29, 0.717) is 4.79 Å². The van der Waals surface area contributed by atoms with Crippen LogP contribution in [-0.2, 0) is 19.7 Å². The van der Waals surface area contributed by atoms with Gasteiger partial charge >= 0.3 is 70.6 Å². The highest BCUT2D eigenvalue weighted by atomic mass is 32.3. The number of hydrogen-bond donors (Lipinski definition) is 0. The normalized spacial score (nSPS) is 16.2. The highest BCUT2D eigenvalue weighted by Gasteiger charge is 2.91. The summed E-state index contributed by atoms with van der Waals surface area (Å²) in [6.45, 7) is 0. The Morgan fingerprint density at radius 2 is 0.657 bits per heavy atom. The molecule has 0 amide bonds. The van der Waals surface area contributed by atoms with Gasteiger partial charge in [-0.3, -0.25) is 0 Å². The van der Waals surface area contributed by atoms with Crippen LogP contribution in [0.5, 0.6) is 0 Å². The second-order valence-electron chi connectivity index (χ2n) is 5.70. The van der Waals surface area contributed by atoms with Crippen molar-refractivity contribution >= 4 is 24.1 Å². The van der Waals surface area contributed by atoms with Gasteiger partial charge in [0.25, 0.3) is 0 Å². The lowest BCUT2D eigenvalue weighted by Gasteiger charge is -2.33. The summed E-state index contributed by atoms with van der Waals surface area (Å²) in [7, 11) is -18.0. The van der Waals surface area contributed by atoms with Gasteiger partial charge < -0.3 is 5.53 Å². The minimum absolute atomic E-state index is 0.341. The predicted molar refractivity (Wildman–Crippen MR) is 68.3 cm³/mol. The van der Waals surface area contributed by atoms with Crippen LogP contribution >= 0.6 is 0 Å². The third kappa shape index (κ3) is 4.09. The average Bonchev–Trinajstić information content (AvgIpc) is 2.58. The highest BCUT2D eigenvalue weighted by Crippen LogP contribution is 2.57. The molecular weight excluding hydrogens is 606 g/mol. The summed E-state index contributed by atoms with van der Waals surface area (Å²) in [5.41, 5.74) is 8.03. The van der Waals surface area contributed by atoms with Crippen molar-refractivity contribution in [3.63, 3.8) is 0 Å². The zero-order valence-electron chi connectivity index (χ0n) is 14.6. The number of halogens is 18. The Morgan fingerprint density at radius 3 is 0.800 bits per heavy atom. The van der Waals surface area contributed by atoms with E-state index < -0.39 is 70.6 Å². The van der Waals surface area contributed by atoms with Crippen molar-refractivity contribution in [2.24, 2.45) is 0 Å². The molecule has 0 aliphatic heterocycles. The fourth-order valence-electron chi connectivity index (χ4n) is 1.53. The molecule has 0 unspecified atom stereocenters. The maximum absolute atomic E-state index is 13.5. The summed E-state index contributed by atoms with van der Waals surface area (Å²) in [5.74, 6) is -33.4. The quantitative estimate of drug-likeness (QED) is 0.148. The first kappa shape index (κ1) is 33.0. The molecule has 0 spiro atoms. The van der Waals surface area contributed by atoms with E-state index in [-0.39, 0.29) is 0 Å². The second kappa shape index (κ2) is 8.01. The van der Waals surface area contributed by atoms with Crippen LogP contribution < -0.4 is 0 Å². The highest BCUT2D eigenvalue weighted by molar-refractivity contribution is 8.31. The lowest BCUT2D eigenvalue weighted by Crippen LogP contribution is -2.67. The molecule has 0 fully saturated rings. The van der Waals surface area contributed by atoms with Gasteiger partial charge in [0.1, 0.15) is 0 Å². The fourth-order valence-corrected chi connectivity index (χ4v) is 4.90. The molecule has 6 nitrogen and oxygen atoms in total. The third-order valence-electron chi connectivity index (χ3n) is 3.45. The van der Waals surface area contributed by atoms with Crippen LogP contribution in [0.25, 0.3) is 5.53 Å². The van der Waals surface area contributed by atoms with Gasteiger partial charge in [0.15, 0.2) is 0 Å². The van der Waals surface area contributed by atoms with E-state index >= 15 is 0 Å². The molecule has 0 bridgehead atoms. The van der Waals surface area contributed by atoms with Crippen LogP contribution in [0, 0.1) is 0 Å². The lowest BCUT2D eigenvalue weighted by molar-refractivity contribution is -0.382. The Labute approximate surface area is 177 Å². The first-order chi connectivity index (χ1) is 14.7. The average molecular weight is 606 g/mol. The molecular formula is C9F18N2O4S2. The second-order valence-corrected chi connectivity index (χ2v) is 9.77. The van der Waals surface area contributed by atoms with Crippen molar-refractivity contribution in [3.05, 3.63) is 5.53 Å². The summed E-state index contributed by atoms with van der Waals surface area (Å²) in [4.78, 5) is 0.341. The third-order valence-corrected chi connectivity index (χ3v) is 7.71. The van der Waals surface area contributed by atoms with Gasteiger partial charge in [-0.05, 0) is 0 Å². The van der Waals surface area contributed by atoms with Crippen molar-refractivity contribution < 1.29 is 101 Å². The number of hydrogen-bond acceptors (Lipinski definition) is 4. The van der Waals surface area contributed by atoms with Gasteiger partial charge in [0, 0.05) is 0 Å². The number of nitrogens with zero attached hydrogens (tertiary/aromatic N) is 2. The van der Waals surface area contributed by atoms with Gasteiger partial charge in [0.2, 0.25) is 0 Å². The standard InChI is InChI=1S/C9F18N2O4S2/c10-2(11,6(18,19)20)4(14,15)8(24,25)34(30,31)1(29-28)35(32,33)9(26,27)5(16,17)3(12,13)7(21,22)23. The molecule has 0 aromatic rings. The van der Waals surface area contributed by atoms with Crippen molar-refractivity contribution in [1.82, 2.24) is 0 Å². The van der Waals surface area contributed by atoms with Gasteiger partial charge in [-0.15, -0.1) is 4.79 Å². The summed E-state index contributed by atoms with van der Waals surface area (Å²) in [6.07, 6.45) is -15.7. The first-order valence-electron chi connectivity index (χ1n) is 6.81. The molecule has 0 atom stereocenters. The van der Waals surface area contributed by atoms with E-state index in [1.807, 2.05) is 0 Å². The Kier molecular flexibility index (Phi) is 7.56. The van der Waals surface area contributed by atoms with Crippen LogP contribution in [0.1, 0.15) is 0 Å². The number of alkyl halides is 18. The Hall–Kier alpha value is -1.98. The van der Waals surface area contributed by atoms with Gasteiger partial charge in [-0.1, -0.05) is 0 Å². The zero-order valence-corrected chi connectivity index (χ0v) is 16.3. The maximum atomic E-state index is 13.5. The molecule has 0 heterocycles. The van der Waals surface area contributed by atoms with E-state index in [2.05, 4.69) is 0 Å². The lowest BCUT2D eigenvalue weighted by atomic mass is 10.1. The summed E-state index contributed by atoms with van der Waals surface area (Å²) in [6, 6.07) is 0. The minimum Gasteiger partial charge on any atom is -0.359 e. The molecule has 0 aliphatic carbocycles. The summed E-state index contributed by atoms with van der Waals surface area (Å²) < 4.78 is 270. The molecule has 0 saturated heterocycles. The molecule has 0 rings (SSSR count). The molecule has 0 N–H and O–H groups in total. The van der Waals surface area contributed by atoms with E-state index in [1.165, 1.54) is 0 Å². The molecule has 208 valence electrons. The molecule has 0 aromatic carbocycles. The van der Waals surface area contributed by atoms with Gasteiger partial charge in [-0.25, -0.2) is 16.8 Å². The summed E-state index contributed by atoms with van der Waals surface area (Å²) >= 11 is 0. The molecule has 0 radical (unpaired) electrons. The molecule has 26 heteroatoms. The molecule has 0 aliphatic rings.